The van der Waals surface area contributed by atoms with E-state index in [9.17, 15) is 9.59 Å². The van der Waals surface area contributed by atoms with E-state index in [2.05, 4.69) is 10.3 Å². The quantitative estimate of drug-likeness (QED) is 0.623. The number of fused-ring (bicyclic) bond motifs is 4. The Kier molecular flexibility index (Phi) is 5.24. The summed E-state index contributed by atoms with van der Waals surface area (Å²) in [5, 5.41) is 3.80. The van der Waals surface area contributed by atoms with E-state index in [4.69, 9.17) is 14.2 Å². The van der Waals surface area contributed by atoms with Gasteiger partial charge in [-0.15, -0.1) is 0 Å². The summed E-state index contributed by atoms with van der Waals surface area (Å²) in [6.45, 7) is 0.805. The smallest absolute Gasteiger partial charge is 0.338 e. The molecule has 0 fully saturated rings. The van der Waals surface area contributed by atoms with E-state index in [1.807, 2.05) is 12.1 Å². The molecule has 0 radical (unpaired) electrons. The average molecular weight is 420 g/mol. The van der Waals surface area contributed by atoms with E-state index in [-0.39, 0.29) is 6.61 Å². The van der Waals surface area contributed by atoms with Crippen molar-refractivity contribution in [2.75, 3.05) is 25.1 Å². The lowest BCUT2D eigenvalue weighted by Crippen LogP contribution is -2.21. The molecule has 1 aliphatic carbocycles. The van der Waals surface area contributed by atoms with Crippen molar-refractivity contribution in [1.82, 2.24) is 4.98 Å². The van der Waals surface area contributed by atoms with Crippen LogP contribution in [0.1, 0.15) is 40.9 Å². The number of ether oxygens (including phenoxy) is 3. The van der Waals surface area contributed by atoms with Crippen LogP contribution in [0, 0.1) is 0 Å². The molecule has 31 heavy (non-hydrogen) atoms. The first-order valence-electron chi connectivity index (χ1n) is 10.7. The Bertz CT molecular complexity index is 1150. The van der Waals surface area contributed by atoms with Gasteiger partial charge in [0.25, 0.3) is 5.91 Å². The average Bonchev–Trinajstić information content (AvgIpc) is 2.99. The Labute approximate surface area is 179 Å². The van der Waals surface area contributed by atoms with Gasteiger partial charge in [0.15, 0.2) is 18.1 Å². The second-order valence-electron chi connectivity index (χ2n) is 7.89. The molecule has 0 saturated carbocycles. The minimum atomic E-state index is -0.513. The van der Waals surface area contributed by atoms with Crippen LogP contribution in [0.5, 0.6) is 11.5 Å². The molecule has 0 bridgehead atoms. The Hall–Kier alpha value is -3.48. The van der Waals surface area contributed by atoms with Crippen LogP contribution in [-0.4, -0.2) is 36.7 Å². The topological polar surface area (TPSA) is 89.7 Å². The third-order valence-electron chi connectivity index (χ3n) is 5.70. The number of aromatic amines is 1. The first-order valence-corrected chi connectivity index (χ1v) is 10.7. The van der Waals surface area contributed by atoms with E-state index in [1.54, 1.807) is 24.3 Å². The van der Waals surface area contributed by atoms with Gasteiger partial charge in [0, 0.05) is 34.8 Å². The highest BCUT2D eigenvalue weighted by molar-refractivity contribution is 5.98. The lowest BCUT2D eigenvalue weighted by Gasteiger charge is -2.11. The first-order chi connectivity index (χ1) is 15.2. The highest BCUT2D eigenvalue weighted by Gasteiger charge is 2.18. The molecule has 3 aromatic rings. The summed E-state index contributed by atoms with van der Waals surface area (Å²) >= 11 is 0. The van der Waals surface area contributed by atoms with E-state index in [0.29, 0.717) is 36.0 Å². The van der Waals surface area contributed by atoms with Crippen molar-refractivity contribution in [2.45, 2.75) is 32.1 Å². The summed E-state index contributed by atoms with van der Waals surface area (Å²) < 4.78 is 16.5. The Morgan fingerprint density at radius 1 is 0.968 bits per heavy atom. The number of H-pyrrole nitrogens is 1. The normalized spacial score (nSPS) is 15.1. The molecule has 2 N–H and O–H groups in total. The molecule has 0 spiro atoms. The van der Waals surface area contributed by atoms with Crippen LogP contribution in [0.15, 0.2) is 36.4 Å². The fourth-order valence-electron chi connectivity index (χ4n) is 4.19. The summed E-state index contributed by atoms with van der Waals surface area (Å²) in [5.74, 6) is 0.323. The van der Waals surface area contributed by atoms with Crippen molar-refractivity contribution in [2.24, 2.45) is 0 Å². The van der Waals surface area contributed by atoms with Gasteiger partial charge in [-0.25, -0.2) is 4.79 Å². The van der Waals surface area contributed by atoms with Crippen LogP contribution in [0.25, 0.3) is 10.9 Å². The van der Waals surface area contributed by atoms with Crippen LogP contribution in [0.2, 0.25) is 0 Å². The number of hydrogen-bond donors (Lipinski definition) is 2. The second kappa shape index (κ2) is 8.34. The molecule has 7 nitrogen and oxygen atoms in total. The van der Waals surface area contributed by atoms with Gasteiger partial charge in [-0.3, -0.25) is 4.79 Å². The summed E-state index contributed by atoms with van der Waals surface area (Å²) in [5.41, 5.74) is 4.61. The third-order valence-corrected chi connectivity index (χ3v) is 5.70. The van der Waals surface area contributed by atoms with Crippen molar-refractivity contribution in [3.05, 3.63) is 53.2 Å². The fraction of sp³-hybridized carbons (Fsp3) is 0.333. The molecule has 1 aromatic heterocycles. The molecule has 7 heteroatoms. The number of hydrogen-bond acceptors (Lipinski definition) is 5. The van der Waals surface area contributed by atoms with Crippen molar-refractivity contribution >= 4 is 28.5 Å². The molecule has 2 heterocycles. The maximum atomic E-state index is 12.5. The maximum Gasteiger partial charge on any atom is 0.338 e. The highest BCUT2D eigenvalue weighted by Crippen LogP contribution is 2.32. The van der Waals surface area contributed by atoms with E-state index in [1.165, 1.54) is 17.7 Å². The zero-order valence-electron chi connectivity index (χ0n) is 17.2. The molecule has 0 unspecified atom stereocenters. The predicted molar refractivity (Wildman–Crippen MR) is 116 cm³/mol. The van der Waals surface area contributed by atoms with Gasteiger partial charge in [0.05, 0.1) is 18.8 Å². The Balaban J connectivity index is 1.22. The SMILES string of the molecule is O=C(COC(=O)c1ccc2[nH]c3c(c2c1)CCCC3)Nc1ccc2c(c1)OCCCO2. The fourth-order valence-corrected chi connectivity index (χ4v) is 4.19. The van der Waals surface area contributed by atoms with Gasteiger partial charge >= 0.3 is 5.97 Å². The van der Waals surface area contributed by atoms with Crippen molar-refractivity contribution in [3.8, 4) is 11.5 Å². The van der Waals surface area contributed by atoms with Gasteiger partial charge in [0.2, 0.25) is 0 Å². The molecule has 5 rings (SSSR count). The van der Waals surface area contributed by atoms with Crippen LogP contribution in [0.3, 0.4) is 0 Å². The van der Waals surface area contributed by atoms with Gasteiger partial charge in [-0.1, -0.05) is 0 Å². The number of carbonyl (C=O) groups is 2. The van der Waals surface area contributed by atoms with Crippen molar-refractivity contribution < 1.29 is 23.8 Å². The van der Waals surface area contributed by atoms with E-state index >= 15 is 0 Å². The molecule has 2 aromatic carbocycles. The Morgan fingerprint density at radius 2 is 1.81 bits per heavy atom. The number of aromatic nitrogens is 1. The molecule has 1 aliphatic heterocycles. The molecular weight excluding hydrogens is 396 g/mol. The largest absolute Gasteiger partial charge is 0.490 e. The Morgan fingerprint density at radius 3 is 2.71 bits per heavy atom. The lowest BCUT2D eigenvalue weighted by atomic mass is 9.95. The van der Waals surface area contributed by atoms with Crippen LogP contribution in [-0.2, 0) is 22.4 Å². The van der Waals surface area contributed by atoms with E-state index in [0.717, 1.165) is 36.6 Å². The van der Waals surface area contributed by atoms with Gasteiger partial charge in [0.1, 0.15) is 0 Å². The minimum Gasteiger partial charge on any atom is -0.490 e. The molecule has 0 atom stereocenters. The number of aryl methyl sites for hydroxylation is 2. The zero-order chi connectivity index (χ0) is 21.2. The van der Waals surface area contributed by atoms with Gasteiger partial charge in [-0.05, 0) is 61.6 Å². The number of rotatable bonds is 4. The second-order valence-corrected chi connectivity index (χ2v) is 7.89. The number of benzene rings is 2. The number of anilines is 1. The van der Waals surface area contributed by atoms with Crippen molar-refractivity contribution in [1.29, 1.82) is 0 Å². The molecule has 1 amide bonds. The number of esters is 1. The maximum absolute atomic E-state index is 12.5. The van der Waals surface area contributed by atoms with E-state index < -0.39 is 11.9 Å². The summed E-state index contributed by atoms with van der Waals surface area (Å²) in [6, 6.07) is 10.7. The number of nitrogens with one attached hydrogen (secondary N) is 2. The molecule has 160 valence electrons. The summed E-state index contributed by atoms with van der Waals surface area (Å²) in [7, 11) is 0. The summed E-state index contributed by atoms with van der Waals surface area (Å²) in [6.07, 6.45) is 5.22. The van der Waals surface area contributed by atoms with Crippen LogP contribution >= 0.6 is 0 Å². The minimum absolute atomic E-state index is 0.365. The highest BCUT2D eigenvalue weighted by atomic mass is 16.5. The number of carbonyl (C=O) groups excluding carboxylic acids is 2. The van der Waals surface area contributed by atoms with Gasteiger partial charge in [-0.2, -0.15) is 0 Å². The molecule has 2 aliphatic rings. The lowest BCUT2D eigenvalue weighted by molar-refractivity contribution is -0.119. The van der Waals surface area contributed by atoms with Crippen molar-refractivity contribution in [3.63, 3.8) is 0 Å². The van der Waals surface area contributed by atoms with Crippen LogP contribution < -0.4 is 14.8 Å². The summed E-state index contributed by atoms with van der Waals surface area (Å²) in [4.78, 5) is 28.2. The zero-order valence-corrected chi connectivity index (χ0v) is 17.2. The van der Waals surface area contributed by atoms with Crippen LogP contribution in [0.4, 0.5) is 5.69 Å². The van der Waals surface area contributed by atoms with Gasteiger partial charge < -0.3 is 24.5 Å². The molecular formula is C24H24N2O5. The standard InChI is InChI=1S/C24H24N2O5/c27-23(25-16-7-9-21-22(13-16)30-11-3-10-29-21)14-31-24(28)15-6-8-20-18(12-15)17-4-1-2-5-19(17)26-20/h6-9,12-13,26H,1-5,10-11,14H2,(H,25,27). The molecule has 0 saturated heterocycles. The number of amides is 1. The third kappa shape index (κ3) is 4.08. The monoisotopic (exact) mass is 420 g/mol. The predicted octanol–water partition coefficient (Wildman–Crippen LogP) is 4.00. The first kappa shape index (κ1) is 19.5.